The molecule has 0 aromatic heterocycles. The molecule has 0 spiro atoms. The van der Waals surface area contributed by atoms with Gasteiger partial charge in [0.25, 0.3) is 11.7 Å². The van der Waals surface area contributed by atoms with Crippen LogP contribution in [0.4, 0.5) is 0 Å². The van der Waals surface area contributed by atoms with E-state index in [2.05, 4.69) is 6.92 Å². The number of benzene rings is 3. The molecular formula is C29H29NO4. The van der Waals surface area contributed by atoms with E-state index in [4.69, 9.17) is 4.74 Å². The second kappa shape index (κ2) is 10.4. The summed E-state index contributed by atoms with van der Waals surface area (Å²) in [4.78, 5) is 28.0. The fraction of sp³-hybridized carbons (Fsp3) is 0.241. The van der Waals surface area contributed by atoms with Gasteiger partial charge in [-0.2, -0.15) is 0 Å². The van der Waals surface area contributed by atoms with Crippen LogP contribution in [0, 0.1) is 0 Å². The number of aliphatic hydroxyl groups excluding tert-OH is 1. The maximum absolute atomic E-state index is 13.2. The fourth-order valence-electron chi connectivity index (χ4n) is 4.21. The van der Waals surface area contributed by atoms with Crippen molar-refractivity contribution in [1.82, 2.24) is 4.90 Å². The van der Waals surface area contributed by atoms with Crippen LogP contribution in [0.3, 0.4) is 0 Å². The van der Waals surface area contributed by atoms with Crippen LogP contribution in [0.2, 0.25) is 0 Å². The van der Waals surface area contributed by atoms with E-state index in [0.29, 0.717) is 17.9 Å². The summed E-state index contributed by atoms with van der Waals surface area (Å²) >= 11 is 0. The Hall–Kier alpha value is -3.86. The van der Waals surface area contributed by atoms with Crippen LogP contribution in [0.1, 0.15) is 48.6 Å². The Kier molecular flexibility index (Phi) is 7.12. The quantitative estimate of drug-likeness (QED) is 0.270. The van der Waals surface area contributed by atoms with E-state index in [9.17, 15) is 14.7 Å². The largest absolute Gasteiger partial charge is 0.507 e. The van der Waals surface area contributed by atoms with Crippen molar-refractivity contribution in [1.29, 1.82) is 0 Å². The number of aryl methyl sites for hydroxylation is 1. The molecule has 3 aromatic rings. The molecule has 5 heteroatoms. The van der Waals surface area contributed by atoms with Gasteiger partial charge in [0, 0.05) is 12.1 Å². The van der Waals surface area contributed by atoms with E-state index >= 15 is 0 Å². The van der Waals surface area contributed by atoms with E-state index in [1.54, 1.807) is 29.2 Å². The number of aliphatic hydroxyl groups is 1. The van der Waals surface area contributed by atoms with Gasteiger partial charge in [-0.15, -0.1) is 0 Å². The van der Waals surface area contributed by atoms with Crippen molar-refractivity contribution in [3.05, 3.63) is 107 Å². The summed E-state index contributed by atoms with van der Waals surface area (Å²) in [6.45, 7) is 4.91. The Balaban J connectivity index is 1.81. The van der Waals surface area contributed by atoms with Gasteiger partial charge in [0.15, 0.2) is 0 Å². The van der Waals surface area contributed by atoms with E-state index in [1.807, 2.05) is 61.5 Å². The Morgan fingerprint density at radius 2 is 1.65 bits per heavy atom. The number of rotatable bonds is 8. The monoisotopic (exact) mass is 455 g/mol. The number of hydrogen-bond donors (Lipinski definition) is 1. The zero-order valence-electron chi connectivity index (χ0n) is 19.5. The SMILES string of the molecule is CCCOc1cccc(C(O)=C2C(=O)C(=O)N(Cc3ccccc3)C2c2ccc(CC)cc2)c1. The number of ketones is 1. The molecule has 1 N–H and O–H groups in total. The minimum atomic E-state index is -0.689. The lowest BCUT2D eigenvalue weighted by molar-refractivity contribution is -0.140. The predicted octanol–water partition coefficient (Wildman–Crippen LogP) is 5.66. The smallest absolute Gasteiger partial charge is 0.295 e. The van der Waals surface area contributed by atoms with E-state index in [1.165, 1.54) is 0 Å². The molecule has 5 nitrogen and oxygen atoms in total. The Morgan fingerprint density at radius 3 is 2.32 bits per heavy atom. The number of likely N-dealkylation sites (tertiary alicyclic amines) is 1. The molecule has 174 valence electrons. The number of hydrogen-bond acceptors (Lipinski definition) is 4. The fourth-order valence-corrected chi connectivity index (χ4v) is 4.21. The number of nitrogens with zero attached hydrogens (tertiary/aromatic N) is 1. The summed E-state index contributed by atoms with van der Waals surface area (Å²) in [6, 6.07) is 23.7. The molecule has 1 amide bonds. The molecular weight excluding hydrogens is 426 g/mol. The molecule has 1 fully saturated rings. The summed E-state index contributed by atoms with van der Waals surface area (Å²) in [5.41, 5.74) is 3.39. The molecule has 1 aliphatic rings. The lowest BCUT2D eigenvalue weighted by Crippen LogP contribution is -2.29. The van der Waals surface area contributed by atoms with Crippen molar-refractivity contribution in [2.75, 3.05) is 6.61 Å². The molecule has 0 saturated carbocycles. The van der Waals surface area contributed by atoms with Crippen LogP contribution in [0.15, 0.2) is 84.4 Å². The van der Waals surface area contributed by atoms with Gasteiger partial charge < -0.3 is 14.7 Å². The highest BCUT2D eigenvalue weighted by Crippen LogP contribution is 2.40. The predicted molar refractivity (Wildman–Crippen MR) is 132 cm³/mol. The first-order valence-electron chi connectivity index (χ1n) is 11.7. The Labute approximate surface area is 200 Å². The van der Waals surface area contributed by atoms with Gasteiger partial charge in [0.05, 0.1) is 18.2 Å². The third-order valence-corrected chi connectivity index (χ3v) is 6.02. The highest BCUT2D eigenvalue weighted by molar-refractivity contribution is 6.46. The second-order valence-corrected chi connectivity index (χ2v) is 8.38. The molecule has 4 rings (SSSR count). The van der Waals surface area contributed by atoms with Gasteiger partial charge in [0.2, 0.25) is 0 Å². The van der Waals surface area contributed by atoms with Gasteiger partial charge in [0.1, 0.15) is 11.5 Å². The minimum absolute atomic E-state index is 0.0952. The maximum atomic E-state index is 13.2. The molecule has 1 aliphatic heterocycles. The van der Waals surface area contributed by atoms with Crippen LogP contribution in [-0.2, 0) is 22.6 Å². The maximum Gasteiger partial charge on any atom is 0.295 e. The van der Waals surface area contributed by atoms with E-state index in [0.717, 1.165) is 29.5 Å². The Morgan fingerprint density at radius 1 is 0.912 bits per heavy atom. The molecule has 34 heavy (non-hydrogen) atoms. The highest BCUT2D eigenvalue weighted by atomic mass is 16.5. The lowest BCUT2D eigenvalue weighted by Gasteiger charge is -2.25. The van der Waals surface area contributed by atoms with Crippen molar-refractivity contribution >= 4 is 17.4 Å². The van der Waals surface area contributed by atoms with Crippen LogP contribution >= 0.6 is 0 Å². The van der Waals surface area contributed by atoms with Gasteiger partial charge in [-0.25, -0.2) is 0 Å². The third kappa shape index (κ3) is 4.74. The summed E-state index contributed by atoms with van der Waals surface area (Å²) < 4.78 is 5.70. The molecule has 0 radical (unpaired) electrons. The van der Waals surface area contributed by atoms with Gasteiger partial charge >= 0.3 is 0 Å². The number of ether oxygens (including phenoxy) is 1. The summed E-state index contributed by atoms with van der Waals surface area (Å²) in [5.74, 6) is -0.889. The van der Waals surface area contributed by atoms with Crippen molar-refractivity contribution in [3.8, 4) is 5.75 Å². The van der Waals surface area contributed by atoms with Crippen molar-refractivity contribution in [2.45, 2.75) is 39.3 Å². The van der Waals surface area contributed by atoms with Crippen molar-refractivity contribution in [3.63, 3.8) is 0 Å². The molecule has 1 saturated heterocycles. The first kappa shape index (κ1) is 23.3. The van der Waals surface area contributed by atoms with E-state index in [-0.39, 0.29) is 17.9 Å². The number of Topliss-reactive ketones (excluding diaryl/α,β-unsaturated/α-hetero) is 1. The molecule has 3 aromatic carbocycles. The standard InChI is InChI=1S/C29H29NO4/c1-3-17-34-24-12-8-11-23(18-24)27(31)25-26(22-15-13-20(4-2)14-16-22)30(29(33)28(25)32)19-21-9-6-5-7-10-21/h5-16,18,26,31H,3-4,17,19H2,1-2H3. The highest BCUT2D eigenvalue weighted by Gasteiger charge is 2.46. The molecule has 0 aliphatic carbocycles. The number of carbonyl (C=O) groups is 2. The molecule has 1 atom stereocenters. The topological polar surface area (TPSA) is 66.8 Å². The van der Waals surface area contributed by atoms with Crippen LogP contribution in [0.5, 0.6) is 5.75 Å². The third-order valence-electron chi connectivity index (χ3n) is 6.02. The first-order chi connectivity index (χ1) is 16.5. The van der Waals surface area contributed by atoms with Crippen molar-refractivity contribution in [2.24, 2.45) is 0 Å². The first-order valence-corrected chi connectivity index (χ1v) is 11.7. The summed E-state index contributed by atoms with van der Waals surface area (Å²) in [5, 5.41) is 11.3. The zero-order chi connectivity index (χ0) is 24.1. The number of carbonyl (C=O) groups excluding carboxylic acids is 2. The number of amides is 1. The minimum Gasteiger partial charge on any atom is -0.507 e. The average Bonchev–Trinajstić information content (AvgIpc) is 3.12. The van der Waals surface area contributed by atoms with Gasteiger partial charge in [-0.05, 0) is 41.7 Å². The summed E-state index contributed by atoms with van der Waals surface area (Å²) in [6.07, 6.45) is 1.74. The van der Waals surface area contributed by atoms with Crippen LogP contribution < -0.4 is 4.74 Å². The molecule has 0 bridgehead atoms. The normalized spacial score (nSPS) is 17.2. The van der Waals surface area contributed by atoms with Gasteiger partial charge in [-0.3, -0.25) is 9.59 Å². The second-order valence-electron chi connectivity index (χ2n) is 8.38. The van der Waals surface area contributed by atoms with E-state index < -0.39 is 17.7 Å². The molecule has 1 heterocycles. The Bertz CT molecular complexity index is 1200. The molecule has 1 unspecified atom stereocenters. The van der Waals surface area contributed by atoms with Crippen LogP contribution in [0.25, 0.3) is 5.76 Å². The van der Waals surface area contributed by atoms with Crippen LogP contribution in [-0.4, -0.2) is 28.3 Å². The van der Waals surface area contributed by atoms with Crippen molar-refractivity contribution < 1.29 is 19.4 Å². The summed E-state index contributed by atoms with van der Waals surface area (Å²) in [7, 11) is 0. The lowest BCUT2D eigenvalue weighted by atomic mass is 9.94. The zero-order valence-corrected chi connectivity index (χ0v) is 19.5. The van der Waals surface area contributed by atoms with Gasteiger partial charge in [-0.1, -0.05) is 80.6 Å². The average molecular weight is 456 g/mol.